The van der Waals surface area contributed by atoms with E-state index in [2.05, 4.69) is 38.3 Å². The van der Waals surface area contributed by atoms with Gasteiger partial charge in [0.2, 0.25) is 0 Å². The first-order valence-electron chi connectivity index (χ1n) is 9.06. The van der Waals surface area contributed by atoms with Crippen LogP contribution < -0.4 is 16.4 Å². The Morgan fingerprint density at radius 2 is 1.79 bits per heavy atom. The van der Waals surface area contributed by atoms with Crippen molar-refractivity contribution in [1.82, 2.24) is 15.3 Å². The lowest BCUT2D eigenvalue weighted by atomic mass is 9.97. The second kappa shape index (κ2) is 7.79. The summed E-state index contributed by atoms with van der Waals surface area (Å²) >= 11 is 0. The van der Waals surface area contributed by atoms with E-state index < -0.39 is 5.66 Å². The second-order valence-electron chi connectivity index (χ2n) is 6.41. The molecular formula is C19H31N5. The summed E-state index contributed by atoms with van der Waals surface area (Å²) in [7, 11) is 0. The van der Waals surface area contributed by atoms with Gasteiger partial charge in [0.05, 0.1) is 11.4 Å². The zero-order valence-electron chi connectivity index (χ0n) is 15.6. The van der Waals surface area contributed by atoms with Gasteiger partial charge >= 0.3 is 0 Å². The quantitative estimate of drug-likeness (QED) is 0.715. The van der Waals surface area contributed by atoms with Gasteiger partial charge in [-0.3, -0.25) is 0 Å². The number of hydrogen-bond donors (Lipinski definition) is 3. The number of aromatic nitrogens is 2. The van der Waals surface area contributed by atoms with Crippen LogP contribution in [-0.4, -0.2) is 16.0 Å². The van der Waals surface area contributed by atoms with Crippen LogP contribution in [0.5, 0.6) is 0 Å². The molecule has 2 rings (SSSR count). The lowest BCUT2D eigenvalue weighted by molar-refractivity contribution is 0.465. The van der Waals surface area contributed by atoms with Gasteiger partial charge in [0, 0.05) is 6.04 Å². The molecular weight excluding hydrogens is 298 g/mol. The van der Waals surface area contributed by atoms with E-state index in [9.17, 15) is 0 Å². The van der Waals surface area contributed by atoms with Crippen LogP contribution in [0.15, 0.2) is 23.9 Å². The minimum Gasteiger partial charge on any atom is -0.366 e. The molecule has 0 saturated heterocycles. The monoisotopic (exact) mass is 329 g/mol. The maximum Gasteiger partial charge on any atom is 0.151 e. The van der Waals surface area contributed by atoms with Gasteiger partial charge < -0.3 is 16.4 Å². The predicted molar refractivity (Wildman–Crippen MR) is 101 cm³/mol. The fraction of sp³-hybridized carbons (Fsp3) is 0.579. The Morgan fingerprint density at radius 3 is 2.33 bits per heavy atom. The highest BCUT2D eigenvalue weighted by Gasteiger charge is 2.31. The Balaban J connectivity index is 2.49. The van der Waals surface area contributed by atoms with E-state index in [1.807, 2.05) is 25.3 Å². The molecule has 4 N–H and O–H groups in total. The third-order valence-corrected chi connectivity index (χ3v) is 4.55. The SMILES string of the molecule is CCc1nc(C2(N)C=C(C)C=CN2)c(CC)nc1NC(CC)CC. The number of dihydropyridines is 1. The average molecular weight is 329 g/mol. The molecule has 1 aliphatic rings. The van der Waals surface area contributed by atoms with E-state index in [0.29, 0.717) is 6.04 Å². The van der Waals surface area contributed by atoms with Crippen molar-refractivity contribution in [2.24, 2.45) is 5.73 Å². The Kier molecular flexibility index (Phi) is 5.99. The molecule has 132 valence electrons. The Morgan fingerprint density at radius 1 is 1.12 bits per heavy atom. The number of allylic oxidation sites excluding steroid dienone is 2. The van der Waals surface area contributed by atoms with Crippen molar-refractivity contribution < 1.29 is 0 Å². The summed E-state index contributed by atoms with van der Waals surface area (Å²) in [5.74, 6) is 0.905. The van der Waals surface area contributed by atoms with Crippen molar-refractivity contribution in [2.45, 2.75) is 72.0 Å². The molecule has 5 nitrogen and oxygen atoms in total. The van der Waals surface area contributed by atoms with Crippen LogP contribution >= 0.6 is 0 Å². The van der Waals surface area contributed by atoms with Crippen molar-refractivity contribution in [3.63, 3.8) is 0 Å². The van der Waals surface area contributed by atoms with Crippen molar-refractivity contribution in [3.8, 4) is 0 Å². The average Bonchev–Trinajstić information content (AvgIpc) is 2.58. The summed E-state index contributed by atoms with van der Waals surface area (Å²) in [6.45, 7) is 10.6. The number of aryl methyl sites for hydroxylation is 2. The van der Waals surface area contributed by atoms with Gasteiger partial charge in [-0.2, -0.15) is 0 Å². The highest BCUT2D eigenvalue weighted by atomic mass is 15.1. The van der Waals surface area contributed by atoms with E-state index >= 15 is 0 Å². The molecule has 0 saturated carbocycles. The van der Waals surface area contributed by atoms with Crippen molar-refractivity contribution >= 4 is 5.82 Å². The summed E-state index contributed by atoms with van der Waals surface area (Å²) in [6.07, 6.45) is 9.66. The summed E-state index contributed by atoms with van der Waals surface area (Å²) < 4.78 is 0. The molecule has 0 aromatic carbocycles. The Bertz CT molecular complexity index is 631. The molecule has 24 heavy (non-hydrogen) atoms. The summed E-state index contributed by atoms with van der Waals surface area (Å²) in [6, 6.07) is 0.421. The number of nitrogens with two attached hydrogens (primary N) is 1. The maximum absolute atomic E-state index is 6.61. The van der Waals surface area contributed by atoms with E-state index in [1.54, 1.807) is 0 Å². The van der Waals surface area contributed by atoms with E-state index in [4.69, 9.17) is 15.7 Å². The Labute approximate surface area is 145 Å². The fourth-order valence-corrected chi connectivity index (χ4v) is 3.03. The molecule has 1 unspecified atom stereocenters. The summed E-state index contributed by atoms with van der Waals surface area (Å²) in [5, 5.41) is 6.81. The zero-order chi connectivity index (χ0) is 17.7. The van der Waals surface area contributed by atoms with Crippen LogP contribution in [0.3, 0.4) is 0 Å². The van der Waals surface area contributed by atoms with Gasteiger partial charge in [0.15, 0.2) is 5.66 Å². The van der Waals surface area contributed by atoms with Crippen LogP contribution in [0.4, 0.5) is 5.82 Å². The van der Waals surface area contributed by atoms with Crippen LogP contribution in [0, 0.1) is 0 Å². The standard InChI is InChI=1S/C19H31N5/c1-6-14(7-2)22-18-16(9-4)23-17(15(8-3)24-18)19(20)12-13(5)10-11-21-19/h10-12,14,21H,6-9,20H2,1-5H3,(H,22,24). The normalized spacial score (nSPS) is 20.0. The molecule has 0 aliphatic carbocycles. The van der Waals surface area contributed by atoms with Crippen molar-refractivity contribution in [2.75, 3.05) is 5.32 Å². The molecule has 0 spiro atoms. The smallest absolute Gasteiger partial charge is 0.151 e. The molecule has 1 aromatic heterocycles. The van der Waals surface area contributed by atoms with Crippen LogP contribution in [-0.2, 0) is 18.5 Å². The second-order valence-corrected chi connectivity index (χ2v) is 6.41. The number of hydrogen-bond acceptors (Lipinski definition) is 5. The van der Waals surface area contributed by atoms with E-state index in [-0.39, 0.29) is 0 Å². The molecule has 2 heterocycles. The molecule has 1 aliphatic heterocycles. The largest absolute Gasteiger partial charge is 0.366 e. The zero-order valence-corrected chi connectivity index (χ0v) is 15.6. The molecule has 1 aromatic rings. The first-order chi connectivity index (χ1) is 11.5. The van der Waals surface area contributed by atoms with E-state index in [1.165, 1.54) is 0 Å². The van der Waals surface area contributed by atoms with E-state index in [0.717, 1.165) is 54.2 Å². The first-order valence-corrected chi connectivity index (χ1v) is 9.06. The van der Waals surface area contributed by atoms with Crippen LogP contribution in [0.2, 0.25) is 0 Å². The summed E-state index contributed by atoms with van der Waals surface area (Å²) in [5.41, 5.74) is 9.67. The maximum atomic E-state index is 6.61. The van der Waals surface area contributed by atoms with Gasteiger partial charge in [-0.25, -0.2) is 9.97 Å². The molecule has 5 heteroatoms. The minimum atomic E-state index is -0.797. The predicted octanol–water partition coefficient (Wildman–Crippen LogP) is 3.38. The third-order valence-electron chi connectivity index (χ3n) is 4.55. The van der Waals surface area contributed by atoms with Crippen molar-refractivity contribution in [3.05, 3.63) is 41.0 Å². The highest BCUT2D eigenvalue weighted by Crippen LogP contribution is 2.26. The van der Waals surface area contributed by atoms with Crippen LogP contribution in [0.25, 0.3) is 0 Å². The van der Waals surface area contributed by atoms with Crippen LogP contribution in [0.1, 0.15) is 64.5 Å². The topological polar surface area (TPSA) is 75.9 Å². The Hall–Kier alpha value is -1.88. The molecule has 0 radical (unpaired) electrons. The van der Waals surface area contributed by atoms with Gasteiger partial charge in [-0.05, 0) is 56.5 Å². The minimum absolute atomic E-state index is 0.421. The fourth-order valence-electron chi connectivity index (χ4n) is 3.03. The number of nitrogens with zero attached hydrogens (tertiary/aromatic N) is 2. The van der Waals surface area contributed by atoms with Gasteiger partial charge in [0.1, 0.15) is 11.5 Å². The third kappa shape index (κ3) is 3.78. The molecule has 0 amide bonds. The lowest BCUT2D eigenvalue weighted by Crippen LogP contribution is -2.49. The highest BCUT2D eigenvalue weighted by molar-refractivity contribution is 5.46. The van der Waals surface area contributed by atoms with Crippen molar-refractivity contribution in [1.29, 1.82) is 0 Å². The lowest BCUT2D eigenvalue weighted by Gasteiger charge is -2.31. The van der Waals surface area contributed by atoms with Gasteiger partial charge in [-0.15, -0.1) is 0 Å². The number of anilines is 1. The number of rotatable bonds is 7. The molecule has 1 atom stereocenters. The molecule has 0 fully saturated rings. The van der Waals surface area contributed by atoms with Gasteiger partial charge in [0.25, 0.3) is 0 Å². The first kappa shape index (κ1) is 18.5. The summed E-state index contributed by atoms with van der Waals surface area (Å²) in [4.78, 5) is 9.82. The number of nitrogens with one attached hydrogen (secondary N) is 2. The molecule has 0 bridgehead atoms. The van der Waals surface area contributed by atoms with Gasteiger partial charge in [-0.1, -0.05) is 27.7 Å².